The van der Waals surface area contributed by atoms with Crippen molar-refractivity contribution in [2.75, 3.05) is 6.61 Å². The molecule has 98 valence electrons. The molecule has 0 spiro atoms. The van der Waals surface area contributed by atoms with Gasteiger partial charge in [-0.3, -0.25) is 15.1 Å². The lowest BCUT2D eigenvalue weighted by Crippen LogP contribution is -2.04. The van der Waals surface area contributed by atoms with Crippen molar-refractivity contribution in [2.45, 2.75) is 6.42 Å². The Morgan fingerprint density at radius 1 is 1.26 bits per heavy atom. The summed E-state index contributed by atoms with van der Waals surface area (Å²) in [7, 11) is 0. The number of nitrogens with zero attached hydrogens (tertiary/aromatic N) is 2. The topological polar surface area (TPSA) is 65.3 Å². The fourth-order valence-electron chi connectivity index (χ4n) is 1.58. The molecule has 0 bridgehead atoms. The first-order valence-electron chi connectivity index (χ1n) is 5.62. The fourth-order valence-corrected chi connectivity index (χ4v) is 1.58. The van der Waals surface area contributed by atoms with Crippen molar-refractivity contribution in [1.29, 1.82) is 0 Å². The SMILES string of the molecule is O=[N+]([O-])c1ccc(F)cc1OCCc1ccncc1. The molecule has 1 aromatic heterocycles. The summed E-state index contributed by atoms with van der Waals surface area (Å²) in [5.74, 6) is -0.622. The molecule has 2 aromatic rings. The third-order valence-electron chi connectivity index (χ3n) is 2.52. The average Bonchev–Trinajstić information content (AvgIpc) is 2.39. The van der Waals surface area contributed by atoms with Gasteiger partial charge in [-0.2, -0.15) is 0 Å². The molecule has 0 saturated heterocycles. The van der Waals surface area contributed by atoms with E-state index in [0.717, 1.165) is 23.8 Å². The van der Waals surface area contributed by atoms with Gasteiger partial charge in [-0.1, -0.05) is 0 Å². The van der Waals surface area contributed by atoms with E-state index in [4.69, 9.17) is 4.74 Å². The molecule has 6 heteroatoms. The van der Waals surface area contributed by atoms with Gasteiger partial charge in [0.05, 0.1) is 11.5 Å². The second-order valence-electron chi connectivity index (χ2n) is 3.82. The summed E-state index contributed by atoms with van der Waals surface area (Å²) in [6.07, 6.45) is 3.87. The number of nitro groups is 1. The van der Waals surface area contributed by atoms with Crippen LogP contribution in [0.15, 0.2) is 42.7 Å². The summed E-state index contributed by atoms with van der Waals surface area (Å²) < 4.78 is 18.3. The van der Waals surface area contributed by atoms with Gasteiger partial charge in [0.25, 0.3) is 0 Å². The van der Waals surface area contributed by atoms with Gasteiger partial charge in [0, 0.05) is 30.9 Å². The zero-order chi connectivity index (χ0) is 13.7. The molecule has 0 N–H and O–H groups in total. The Hall–Kier alpha value is -2.50. The van der Waals surface area contributed by atoms with Crippen LogP contribution in [0.5, 0.6) is 5.75 Å². The Morgan fingerprint density at radius 3 is 2.68 bits per heavy atom. The minimum Gasteiger partial charge on any atom is -0.486 e. The number of pyridine rings is 1. The minimum atomic E-state index is -0.596. The molecule has 19 heavy (non-hydrogen) atoms. The summed E-state index contributed by atoms with van der Waals surface area (Å²) in [6.45, 7) is 0.230. The molecule has 0 radical (unpaired) electrons. The van der Waals surface area contributed by atoms with E-state index in [1.54, 1.807) is 12.4 Å². The Kier molecular flexibility index (Phi) is 4.02. The molecular weight excluding hydrogens is 251 g/mol. The standard InChI is InChI=1S/C13H11FN2O3/c14-11-1-2-12(16(17)18)13(9-11)19-8-5-10-3-6-15-7-4-10/h1-4,6-7,9H,5,8H2. The lowest BCUT2D eigenvalue weighted by atomic mass is 10.2. The van der Waals surface area contributed by atoms with Crippen molar-refractivity contribution in [2.24, 2.45) is 0 Å². The molecule has 0 unspecified atom stereocenters. The number of aromatic nitrogens is 1. The molecule has 0 atom stereocenters. The normalized spacial score (nSPS) is 10.2. The predicted molar refractivity (Wildman–Crippen MR) is 66.5 cm³/mol. The largest absolute Gasteiger partial charge is 0.486 e. The smallest absolute Gasteiger partial charge is 0.311 e. The van der Waals surface area contributed by atoms with Crippen molar-refractivity contribution >= 4 is 5.69 Å². The second kappa shape index (κ2) is 5.90. The van der Waals surface area contributed by atoms with E-state index < -0.39 is 10.7 Å². The first kappa shape index (κ1) is 12.9. The second-order valence-corrected chi connectivity index (χ2v) is 3.82. The van der Waals surface area contributed by atoms with Crippen LogP contribution in [0.1, 0.15) is 5.56 Å². The summed E-state index contributed by atoms with van der Waals surface area (Å²) in [5.41, 5.74) is 0.755. The lowest BCUT2D eigenvalue weighted by molar-refractivity contribution is -0.385. The molecule has 0 aliphatic heterocycles. The molecule has 0 aliphatic rings. The summed E-state index contributed by atoms with van der Waals surface area (Å²) in [6, 6.07) is 6.79. The van der Waals surface area contributed by atoms with Crippen molar-refractivity contribution in [1.82, 2.24) is 4.98 Å². The third kappa shape index (κ3) is 3.48. The highest BCUT2D eigenvalue weighted by Gasteiger charge is 2.15. The highest BCUT2D eigenvalue weighted by Crippen LogP contribution is 2.27. The summed E-state index contributed by atoms with van der Waals surface area (Å²) >= 11 is 0. The van der Waals surface area contributed by atoms with E-state index in [1.165, 1.54) is 0 Å². The lowest BCUT2D eigenvalue weighted by Gasteiger charge is -2.06. The number of rotatable bonds is 5. The maximum absolute atomic E-state index is 13.0. The van der Waals surface area contributed by atoms with Crippen LogP contribution in [-0.4, -0.2) is 16.5 Å². The van der Waals surface area contributed by atoms with Crippen molar-refractivity contribution in [3.05, 3.63) is 64.2 Å². The van der Waals surface area contributed by atoms with Crippen molar-refractivity contribution < 1.29 is 14.1 Å². The van der Waals surface area contributed by atoms with Gasteiger partial charge in [0.2, 0.25) is 0 Å². The summed E-state index contributed by atoms with van der Waals surface area (Å²) in [5, 5.41) is 10.8. The summed E-state index contributed by atoms with van der Waals surface area (Å²) in [4.78, 5) is 14.0. The van der Waals surface area contributed by atoms with E-state index in [9.17, 15) is 14.5 Å². The molecule has 0 amide bonds. The number of ether oxygens (including phenoxy) is 1. The Bertz CT molecular complexity index is 575. The first-order valence-corrected chi connectivity index (χ1v) is 5.62. The van der Waals surface area contributed by atoms with Crippen LogP contribution in [0, 0.1) is 15.9 Å². The van der Waals surface area contributed by atoms with Gasteiger partial charge in [0.1, 0.15) is 5.82 Å². The first-order chi connectivity index (χ1) is 9.16. The Balaban J connectivity index is 2.03. The maximum Gasteiger partial charge on any atom is 0.311 e. The van der Waals surface area contributed by atoms with Gasteiger partial charge >= 0.3 is 5.69 Å². The van der Waals surface area contributed by atoms with Crippen LogP contribution < -0.4 is 4.74 Å². The van der Waals surface area contributed by atoms with E-state index in [0.29, 0.717) is 6.42 Å². The van der Waals surface area contributed by atoms with Crippen molar-refractivity contribution in [3.63, 3.8) is 0 Å². The third-order valence-corrected chi connectivity index (χ3v) is 2.52. The van der Waals surface area contributed by atoms with Gasteiger partial charge in [-0.05, 0) is 23.8 Å². The van der Waals surface area contributed by atoms with Crippen LogP contribution in [0.3, 0.4) is 0 Å². The number of hydrogen-bond acceptors (Lipinski definition) is 4. The molecule has 1 aromatic carbocycles. The van der Waals surface area contributed by atoms with E-state index in [2.05, 4.69) is 4.98 Å². The Morgan fingerprint density at radius 2 is 2.00 bits per heavy atom. The average molecular weight is 262 g/mol. The molecule has 0 saturated carbocycles. The van der Waals surface area contributed by atoms with Crippen molar-refractivity contribution in [3.8, 4) is 5.75 Å². The maximum atomic E-state index is 13.0. The van der Waals surface area contributed by atoms with Crippen LogP contribution in [0.2, 0.25) is 0 Å². The molecule has 0 aliphatic carbocycles. The number of hydrogen-bond donors (Lipinski definition) is 0. The molecule has 5 nitrogen and oxygen atoms in total. The highest BCUT2D eigenvalue weighted by atomic mass is 19.1. The van der Waals surface area contributed by atoms with Gasteiger partial charge in [-0.25, -0.2) is 4.39 Å². The van der Waals surface area contributed by atoms with E-state index in [1.807, 2.05) is 12.1 Å². The van der Waals surface area contributed by atoms with E-state index >= 15 is 0 Å². The molecule has 1 heterocycles. The van der Waals surface area contributed by atoms with Gasteiger partial charge in [-0.15, -0.1) is 0 Å². The Labute approximate surface area is 108 Å². The monoisotopic (exact) mass is 262 g/mol. The molecular formula is C13H11FN2O3. The fraction of sp³-hybridized carbons (Fsp3) is 0.154. The zero-order valence-corrected chi connectivity index (χ0v) is 9.95. The van der Waals surface area contributed by atoms with Crippen LogP contribution in [0.4, 0.5) is 10.1 Å². The minimum absolute atomic E-state index is 0.0564. The number of halogens is 1. The predicted octanol–water partition coefficient (Wildman–Crippen LogP) is 2.75. The van der Waals surface area contributed by atoms with Crippen LogP contribution in [-0.2, 0) is 6.42 Å². The van der Waals surface area contributed by atoms with Gasteiger partial charge < -0.3 is 4.74 Å². The van der Waals surface area contributed by atoms with Gasteiger partial charge in [0.15, 0.2) is 5.75 Å². The highest BCUT2D eigenvalue weighted by molar-refractivity contribution is 5.46. The molecule has 0 fully saturated rings. The van der Waals surface area contributed by atoms with Crippen LogP contribution in [0.25, 0.3) is 0 Å². The number of benzene rings is 1. The quantitative estimate of drug-likeness (QED) is 0.614. The zero-order valence-electron chi connectivity index (χ0n) is 9.95. The number of nitro benzene ring substituents is 1. The van der Waals surface area contributed by atoms with E-state index in [-0.39, 0.29) is 18.0 Å². The molecule has 2 rings (SSSR count). The van der Waals surface area contributed by atoms with Crippen LogP contribution >= 0.6 is 0 Å².